The summed E-state index contributed by atoms with van der Waals surface area (Å²) in [5.41, 5.74) is 1.73. The van der Waals surface area contributed by atoms with Crippen molar-refractivity contribution in [3.05, 3.63) is 107 Å². The van der Waals surface area contributed by atoms with E-state index < -0.39 is 23.3 Å². The molecule has 3 aliphatic rings. The first-order valence-corrected chi connectivity index (χ1v) is 16.8. The minimum absolute atomic E-state index is 0.0155. The second kappa shape index (κ2) is 13.3. The highest BCUT2D eigenvalue weighted by molar-refractivity contribution is 6.23. The van der Waals surface area contributed by atoms with Gasteiger partial charge < -0.3 is 28.6 Å². The Morgan fingerprint density at radius 1 is 0.906 bits per heavy atom. The van der Waals surface area contributed by atoms with E-state index in [0.717, 1.165) is 4.57 Å². The normalized spacial score (nSPS) is 18.1. The van der Waals surface area contributed by atoms with Crippen LogP contribution in [-0.4, -0.2) is 68.6 Å². The maximum absolute atomic E-state index is 14.1. The molecule has 15 heteroatoms. The van der Waals surface area contributed by atoms with Gasteiger partial charge in [0.1, 0.15) is 5.69 Å². The highest BCUT2D eigenvalue weighted by Gasteiger charge is 2.43. The quantitative estimate of drug-likeness (QED) is 0.199. The van der Waals surface area contributed by atoms with Gasteiger partial charge in [0.15, 0.2) is 34.6 Å². The number of benzene rings is 2. The molecule has 3 heterocycles. The van der Waals surface area contributed by atoms with Gasteiger partial charge >= 0.3 is 11.4 Å². The molecule has 274 valence electrons. The number of Topliss-reactive ketones (excluding diaryl/α,β-unsaturated/α-hetero) is 1. The fourth-order valence-electron chi connectivity index (χ4n) is 7.45. The number of ether oxygens (including phenoxy) is 4. The SMILES string of the molecule is COc1cc2nc(CCn3c(=O)n4n(c3=O)[C@@H]3CC5=C(C(=O)C(C)=CC5=O)[C@@H](C=Cc5cc(OC)c(O)c(OC)c5)C3=CC4)c(=O)n(C)c2cc1OC. The number of aromatic nitrogens is 5. The minimum atomic E-state index is -0.750. The zero-order valence-corrected chi connectivity index (χ0v) is 30.0. The van der Waals surface area contributed by atoms with Crippen LogP contribution in [0.2, 0.25) is 0 Å². The lowest BCUT2D eigenvalue weighted by Crippen LogP contribution is -2.41. The van der Waals surface area contributed by atoms with Crippen molar-refractivity contribution in [3.63, 3.8) is 0 Å². The number of carbonyl (C=O) groups is 2. The Hall–Kier alpha value is -6.38. The van der Waals surface area contributed by atoms with Crippen molar-refractivity contribution in [3.8, 4) is 28.7 Å². The van der Waals surface area contributed by atoms with Crippen molar-refractivity contribution in [1.29, 1.82) is 0 Å². The molecule has 7 rings (SSSR count). The van der Waals surface area contributed by atoms with Crippen molar-refractivity contribution in [2.45, 2.75) is 38.9 Å². The van der Waals surface area contributed by atoms with Crippen LogP contribution >= 0.6 is 0 Å². The monoisotopic (exact) mass is 723 g/mol. The van der Waals surface area contributed by atoms with E-state index in [4.69, 9.17) is 18.9 Å². The third-order valence-corrected chi connectivity index (χ3v) is 10.2. The Balaban J connectivity index is 1.27. The highest BCUT2D eigenvalue weighted by atomic mass is 16.5. The summed E-state index contributed by atoms with van der Waals surface area (Å²) < 4.78 is 26.6. The van der Waals surface area contributed by atoms with Gasteiger partial charge in [-0.05, 0) is 36.3 Å². The number of allylic oxidation sites excluding steroid dienone is 7. The van der Waals surface area contributed by atoms with E-state index in [-0.39, 0.29) is 71.6 Å². The van der Waals surface area contributed by atoms with E-state index in [2.05, 4.69) is 4.98 Å². The third-order valence-electron chi connectivity index (χ3n) is 10.2. The van der Waals surface area contributed by atoms with Gasteiger partial charge in [0.2, 0.25) is 5.75 Å². The number of aryl methyl sites for hydroxylation is 2. The highest BCUT2D eigenvalue weighted by Crippen LogP contribution is 2.46. The zero-order chi connectivity index (χ0) is 37.9. The van der Waals surface area contributed by atoms with Crippen molar-refractivity contribution in [2.75, 3.05) is 28.4 Å². The molecule has 0 spiro atoms. The predicted molar refractivity (Wildman–Crippen MR) is 193 cm³/mol. The summed E-state index contributed by atoms with van der Waals surface area (Å²) in [5, 5.41) is 10.4. The molecule has 4 aromatic rings. The molecule has 0 saturated carbocycles. The van der Waals surface area contributed by atoms with Crippen LogP contribution in [0, 0.1) is 5.92 Å². The zero-order valence-electron chi connectivity index (χ0n) is 30.0. The van der Waals surface area contributed by atoms with Crippen LogP contribution < -0.4 is 35.9 Å². The second-order valence-corrected chi connectivity index (χ2v) is 13.0. The number of methoxy groups -OCH3 is 4. The molecule has 2 aromatic heterocycles. The maximum atomic E-state index is 14.1. The average Bonchev–Trinajstić information content (AvgIpc) is 3.41. The number of carbonyl (C=O) groups excluding carboxylic acids is 2. The van der Waals surface area contributed by atoms with E-state index in [9.17, 15) is 29.1 Å². The maximum Gasteiger partial charge on any atom is 0.347 e. The molecule has 2 aliphatic carbocycles. The molecule has 2 aromatic carbocycles. The number of fused-ring (bicyclic) bond motifs is 4. The van der Waals surface area contributed by atoms with Gasteiger partial charge in [-0.25, -0.2) is 28.5 Å². The Morgan fingerprint density at radius 3 is 2.23 bits per heavy atom. The topological polar surface area (TPSA) is 175 Å². The van der Waals surface area contributed by atoms with Crippen molar-refractivity contribution in [2.24, 2.45) is 13.0 Å². The number of ketones is 2. The van der Waals surface area contributed by atoms with E-state index in [0.29, 0.717) is 44.8 Å². The van der Waals surface area contributed by atoms with E-state index in [1.54, 1.807) is 50.4 Å². The van der Waals surface area contributed by atoms with Gasteiger partial charge in [0.05, 0.1) is 52.1 Å². The molecule has 0 unspecified atom stereocenters. The van der Waals surface area contributed by atoms with Crippen LogP contribution in [0.25, 0.3) is 17.1 Å². The van der Waals surface area contributed by atoms with Gasteiger partial charge in [-0.1, -0.05) is 18.2 Å². The Labute approximate surface area is 301 Å². The summed E-state index contributed by atoms with van der Waals surface area (Å²) in [5.74, 6) is -0.263. The summed E-state index contributed by atoms with van der Waals surface area (Å²) in [6.07, 6.45) is 6.64. The molecule has 0 amide bonds. The van der Waals surface area contributed by atoms with Crippen molar-refractivity contribution in [1.82, 2.24) is 23.5 Å². The van der Waals surface area contributed by atoms with Gasteiger partial charge in [-0.3, -0.25) is 14.4 Å². The fraction of sp³-hybridized carbons (Fsp3) is 0.316. The molecule has 0 fully saturated rings. The number of aromatic hydroxyl groups is 1. The van der Waals surface area contributed by atoms with Gasteiger partial charge in [0, 0.05) is 61.2 Å². The molecule has 2 atom stereocenters. The predicted octanol–water partition coefficient (Wildman–Crippen LogP) is 2.65. The van der Waals surface area contributed by atoms with Gasteiger partial charge in [0.25, 0.3) is 5.56 Å². The first-order chi connectivity index (χ1) is 25.4. The summed E-state index contributed by atoms with van der Waals surface area (Å²) in [4.78, 5) is 72.9. The van der Waals surface area contributed by atoms with Crippen molar-refractivity contribution >= 4 is 28.7 Å². The Kier molecular flexibility index (Phi) is 8.80. The number of hydrogen-bond donors (Lipinski definition) is 1. The molecule has 53 heavy (non-hydrogen) atoms. The number of phenols is 1. The fourth-order valence-corrected chi connectivity index (χ4v) is 7.45. The number of phenolic OH excluding ortho intramolecular Hbond substituents is 1. The summed E-state index contributed by atoms with van der Waals surface area (Å²) in [7, 11) is 7.42. The number of hydrogen-bond acceptors (Lipinski definition) is 11. The molecule has 0 radical (unpaired) electrons. The van der Waals surface area contributed by atoms with Crippen molar-refractivity contribution < 1.29 is 33.6 Å². The molecule has 1 aliphatic heterocycles. The minimum Gasteiger partial charge on any atom is -0.502 e. The van der Waals surface area contributed by atoms with E-state index in [1.165, 1.54) is 48.4 Å². The number of rotatable bonds is 9. The summed E-state index contributed by atoms with van der Waals surface area (Å²) >= 11 is 0. The molecular weight excluding hydrogens is 686 g/mol. The third kappa shape index (κ3) is 5.59. The van der Waals surface area contributed by atoms with Crippen LogP contribution in [0.15, 0.2) is 79.2 Å². The van der Waals surface area contributed by atoms with Gasteiger partial charge in [-0.2, -0.15) is 0 Å². The first-order valence-electron chi connectivity index (χ1n) is 16.8. The lowest BCUT2D eigenvalue weighted by molar-refractivity contribution is -0.116. The lowest BCUT2D eigenvalue weighted by Gasteiger charge is -2.38. The second-order valence-electron chi connectivity index (χ2n) is 13.0. The Bertz CT molecular complexity index is 2530. The van der Waals surface area contributed by atoms with Crippen LogP contribution in [0.5, 0.6) is 28.7 Å². The van der Waals surface area contributed by atoms with E-state index in [1.807, 2.05) is 6.08 Å². The molecule has 0 saturated heterocycles. The first kappa shape index (κ1) is 35.0. The molecule has 1 N–H and O–H groups in total. The Morgan fingerprint density at radius 2 is 1.57 bits per heavy atom. The van der Waals surface area contributed by atoms with E-state index >= 15 is 0 Å². The molecular formula is C38H37N5O10. The summed E-state index contributed by atoms with van der Waals surface area (Å²) in [6, 6.07) is 5.77. The lowest BCUT2D eigenvalue weighted by atomic mass is 9.70. The molecule has 0 bridgehead atoms. The smallest absolute Gasteiger partial charge is 0.347 e. The van der Waals surface area contributed by atoms with Crippen LogP contribution in [0.3, 0.4) is 0 Å². The molecule has 15 nitrogen and oxygen atoms in total. The van der Waals surface area contributed by atoms with Crippen LogP contribution in [0.1, 0.15) is 30.6 Å². The van der Waals surface area contributed by atoms with Crippen LogP contribution in [0.4, 0.5) is 0 Å². The number of nitrogens with zero attached hydrogens (tertiary/aromatic N) is 5. The average molecular weight is 724 g/mol. The standard InChI is InChI=1S/C38H37N5O10/c1-19-13-28(44)23-16-26-21(22(33(23)34(19)45)8-7-20-14-31(52-5)35(46)32(15-20)53-6)9-12-42-37(48)41(38(49)43(26)42)11-10-24-36(47)40(2)27-18-30(51-4)29(50-3)17-25(27)39-24/h7-9,13-15,17-18,22,26,46H,10-12,16H2,1-6H3/t22-,26+/m0/s1. The summed E-state index contributed by atoms with van der Waals surface area (Å²) in [6.45, 7) is 1.50. The largest absolute Gasteiger partial charge is 0.502 e. The van der Waals surface area contributed by atoms with Crippen LogP contribution in [-0.2, 0) is 36.1 Å². The van der Waals surface area contributed by atoms with Gasteiger partial charge in [-0.15, -0.1) is 0 Å².